The first-order valence-corrected chi connectivity index (χ1v) is 10.5. The zero-order chi connectivity index (χ0) is 20.1. The van der Waals surface area contributed by atoms with E-state index in [0.717, 1.165) is 5.69 Å². The molecule has 2 aromatic heterocycles. The van der Waals surface area contributed by atoms with Crippen LogP contribution in [0.5, 0.6) is 0 Å². The Labute approximate surface area is 177 Å². The van der Waals surface area contributed by atoms with E-state index in [2.05, 4.69) is 15.3 Å². The number of halogens is 1. The van der Waals surface area contributed by atoms with E-state index in [1.165, 1.54) is 28.4 Å². The molecule has 1 aromatic carbocycles. The number of fused-ring (bicyclic) bond motifs is 2. The van der Waals surface area contributed by atoms with E-state index in [4.69, 9.17) is 5.14 Å². The van der Waals surface area contributed by atoms with Crippen LogP contribution in [-0.4, -0.2) is 38.4 Å². The SMILES string of the molecule is CN1C(=O)c2sccc2N(C)c2nc(Nc3ccc(S(N)(=O)=O)cc3)ncc21.Cl. The Hall–Kier alpha value is -2.73. The number of thiophene rings is 1. The highest BCUT2D eigenvalue weighted by atomic mass is 35.5. The van der Waals surface area contributed by atoms with Crippen molar-refractivity contribution in [2.24, 2.45) is 5.14 Å². The number of hydrogen-bond acceptors (Lipinski definition) is 8. The fraction of sp³-hybridized carbons (Fsp3) is 0.118. The lowest BCUT2D eigenvalue weighted by atomic mass is 10.3. The van der Waals surface area contributed by atoms with Crippen LogP contribution < -0.4 is 20.3 Å². The summed E-state index contributed by atoms with van der Waals surface area (Å²) in [5.41, 5.74) is 1.97. The number of benzene rings is 1. The van der Waals surface area contributed by atoms with Crippen LogP contribution in [0.15, 0.2) is 46.8 Å². The van der Waals surface area contributed by atoms with Crippen LogP contribution in [0.1, 0.15) is 9.67 Å². The van der Waals surface area contributed by atoms with Crippen molar-refractivity contribution in [1.29, 1.82) is 0 Å². The van der Waals surface area contributed by atoms with Gasteiger partial charge in [-0.3, -0.25) is 4.79 Å². The lowest BCUT2D eigenvalue weighted by Crippen LogP contribution is -2.25. The third kappa shape index (κ3) is 3.77. The maximum Gasteiger partial charge on any atom is 0.270 e. The van der Waals surface area contributed by atoms with E-state index in [-0.39, 0.29) is 23.2 Å². The van der Waals surface area contributed by atoms with Gasteiger partial charge in [0.05, 0.1) is 16.8 Å². The summed E-state index contributed by atoms with van der Waals surface area (Å²) >= 11 is 1.38. The first kappa shape index (κ1) is 21.0. The molecule has 0 saturated carbocycles. The number of aromatic nitrogens is 2. The molecule has 29 heavy (non-hydrogen) atoms. The maximum absolute atomic E-state index is 12.7. The van der Waals surface area contributed by atoms with Crippen molar-refractivity contribution in [1.82, 2.24) is 9.97 Å². The summed E-state index contributed by atoms with van der Waals surface area (Å²) in [6.07, 6.45) is 1.58. The zero-order valence-corrected chi connectivity index (χ0v) is 17.8. The molecule has 3 heterocycles. The first-order valence-electron chi connectivity index (χ1n) is 8.12. The second kappa shape index (κ2) is 7.59. The number of nitrogens with zero attached hydrogens (tertiary/aromatic N) is 4. The van der Waals surface area contributed by atoms with E-state index >= 15 is 0 Å². The van der Waals surface area contributed by atoms with Gasteiger partial charge in [0.25, 0.3) is 5.91 Å². The van der Waals surface area contributed by atoms with Gasteiger partial charge >= 0.3 is 0 Å². The van der Waals surface area contributed by atoms with Crippen molar-refractivity contribution in [3.05, 3.63) is 46.8 Å². The lowest BCUT2D eigenvalue weighted by molar-refractivity contribution is 0.0998. The lowest BCUT2D eigenvalue weighted by Gasteiger charge is -2.20. The first-order chi connectivity index (χ1) is 13.3. The Balaban J connectivity index is 0.00000240. The molecule has 0 unspecified atom stereocenters. The molecule has 152 valence electrons. The van der Waals surface area contributed by atoms with E-state index in [1.54, 1.807) is 25.4 Å². The van der Waals surface area contributed by atoms with Gasteiger partial charge in [-0.15, -0.1) is 23.7 Å². The molecule has 0 bridgehead atoms. The van der Waals surface area contributed by atoms with Crippen LogP contribution in [-0.2, 0) is 10.0 Å². The minimum Gasteiger partial charge on any atom is -0.326 e. The highest BCUT2D eigenvalue weighted by Crippen LogP contribution is 2.40. The monoisotopic (exact) mass is 452 g/mol. The predicted octanol–water partition coefficient (Wildman–Crippen LogP) is 2.71. The number of carbonyl (C=O) groups is 1. The molecule has 3 N–H and O–H groups in total. The predicted molar refractivity (Wildman–Crippen MR) is 115 cm³/mol. The molecule has 3 aromatic rings. The Morgan fingerprint density at radius 1 is 1.07 bits per heavy atom. The average Bonchev–Trinajstić information content (AvgIpc) is 3.13. The van der Waals surface area contributed by atoms with Gasteiger partial charge in [0.1, 0.15) is 10.6 Å². The number of amides is 1. The van der Waals surface area contributed by atoms with Gasteiger partial charge in [-0.2, -0.15) is 4.98 Å². The van der Waals surface area contributed by atoms with Crippen LogP contribution in [0.2, 0.25) is 0 Å². The summed E-state index contributed by atoms with van der Waals surface area (Å²) in [4.78, 5) is 25.5. The summed E-state index contributed by atoms with van der Waals surface area (Å²) in [6, 6.07) is 7.83. The van der Waals surface area contributed by atoms with Crippen molar-refractivity contribution < 1.29 is 13.2 Å². The van der Waals surface area contributed by atoms with Gasteiger partial charge in [0, 0.05) is 19.8 Å². The molecule has 0 radical (unpaired) electrons. The number of anilines is 5. The maximum atomic E-state index is 12.7. The molecule has 0 fully saturated rings. The van der Waals surface area contributed by atoms with E-state index in [0.29, 0.717) is 28.0 Å². The van der Waals surface area contributed by atoms with Gasteiger partial charge in [-0.1, -0.05) is 0 Å². The van der Waals surface area contributed by atoms with Gasteiger partial charge in [0.2, 0.25) is 16.0 Å². The largest absolute Gasteiger partial charge is 0.326 e. The van der Waals surface area contributed by atoms with Crippen LogP contribution in [0.4, 0.5) is 28.8 Å². The number of rotatable bonds is 3. The molecular weight excluding hydrogens is 436 g/mol. The van der Waals surface area contributed by atoms with E-state index in [9.17, 15) is 13.2 Å². The summed E-state index contributed by atoms with van der Waals surface area (Å²) in [6.45, 7) is 0. The van der Waals surface area contributed by atoms with Crippen molar-refractivity contribution >= 4 is 68.5 Å². The zero-order valence-electron chi connectivity index (χ0n) is 15.4. The summed E-state index contributed by atoms with van der Waals surface area (Å²) in [5.74, 6) is 0.777. The number of carbonyl (C=O) groups excluding carboxylic acids is 1. The third-order valence-electron chi connectivity index (χ3n) is 4.37. The molecule has 4 rings (SSSR count). The average molecular weight is 453 g/mol. The fourth-order valence-electron chi connectivity index (χ4n) is 2.87. The Morgan fingerprint density at radius 2 is 1.76 bits per heavy atom. The molecule has 1 amide bonds. The smallest absolute Gasteiger partial charge is 0.270 e. The molecule has 0 aliphatic carbocycles. The molecule has 1 aliphatic rings. The molecule has 0 atom stereocenters. The number of nitrogens with two attached hydrogens (primary N) is 1. The second-order valence-electron chi connectivity index (χ2n) is 6.15. The molecule has 0 spiro atoms. The summed E-state index contributed by atoms with van der Waals surface area (Å²) in [7, 11) is -0.224. The Bertz CT molecular complexity index is 1180. The summed E-state index contributed by atoms with van der Waals surface area (Å²) < 4.78 is 22.7. The Morgan fingerprint density at radius 3 is 2.41 bits per heavy atom. The highest BCUT2D eigenvalue weighted by Gasteiger charge is 2.30. The van der Waals surface area contributed by atoms with Gasteiger partial charge in [0.15, 0.2) is 5.82 Å². The normalized spacial score (nSPS) is 13.3. The second-order valence-corrected chi connectivity index (χ2v) is 8.63. The number of primary sulfonamides is 1. The van der Waals surface area contributed by atoms with Crippen molar-refractivity contribution in [2.45, 2.75) is 4.90 Å². The van der Waals surface area contributed by atoms with Crippen LogP contribution in [0.3, 0.4) is 0 Å². The molecular formula is C17H17ClN6O3S2. The van der Waals surface area contributed by atoms with E-state index < -0.39 is 10.0 Å². The Kier molecular flexibility index (Phi) is 5.50. The minimum atomic E-state index is -3.75. The third-order valence-corrected chi connectivity index (χ3v) is 6.19. The standard InChI is InChI=1S/C17H16N6O3S2.ClH/c1-22-12-7-8-27-14(12)16(24)23(2)13-9-19-17(21-15(13)22)20-10-3-5-11(6-4-10)28(18,25)26;/h3-9H,1-2H3,(H2,18,25,26)(H,19,20,21);1H. The number of sulfonamides is 1. The van der Waals surface area contributed by atoms with Gasteiger partial charge in [-0.25, -0.2) is 18.5 Å². The fourth-order valence-corrected chi connectivity index (χ4v) is 4.28. The minimum absolute atomic E-state index is 0. The van der Waals surface area contributed by atoms with Crippen LogP contribution in [0, 0.1) is 0 Å². The highest BCUT2D eigenvalue weighted by molar-refractivity contribution is 7.89. The van der Waals surface area contributed by atoms with Crippen LogP contribution in [0.25, 0.3) is 0 Å². The quantitative estimate of drug-likeness (QED) is 0.626. The van der Waals surface area contributed by atoms with Gasteiger partial charge in [-0.05, 0) is 35.7 Å². The van der Waals surface area contributed by atoms with Gasteiger partial charge < -0.3 is 15.1 Å². The summed E-state index contributed by atoms with van der Waals surface area (Å²) in [5, 5.41) is 10.0. The molecule has 12 heteroatoms. The molecule has 9 nitrogen and oxygen atoms in total. The van der Waals surface area contributed by atoms with Crippen molar-refractivity contribution in [3.63, 3.8) is 0 Å². The van der Waals surface area contributed by atoms with Crippen LogP contribution >= 0.6 is 23.7 Å². The topological polar surface area (TPSA) is 122 Å². The van der Waals surface area contributed by atoms with Crippen molar-refractivity contribution in [3.8, 4) is 0 Å². The number of hydrogen-bond donors (Lipinski definition) is 2. The van der Waals surface area contributed by atoms with Crippen molar-refractivity contribution in [2.75, 3.05) is 29.2 Å². The number of nitrogens with one attached hydrogen (secondary N) is 1. The molecule has 0 saturated heterocycles. The molecule has 1 aliphatic heterocycles. The van der Waals surface area contributed by atoms with E-state index in [1.807, 2.05) is 23.4 Å².